The third-order valence-electron chi connectivity index (χ3n) is 5.49. The van der Waals surface area contributed by atoms with E-state index in [2.05, 4.69) is 43.0 Å². The van der Waals surface area contributed by atoms with E-state index in [0.29, 0.717) is 11.3 Å². The van der Waals surface area contributed by atoms with E-state index < -0.39 is 5.60 Å². The van der Waals surface area contributed by atoms with E-state index in [4.69, 9.17) is 10.5 Å². The molecule has 3 aromatic carbocycles. The van der Waals surface area contributed by atoms with Crippen LogP contribution in [0.25, 0.3) is 0 Å². The topological polar surface area (TPSA) is 55.6 Å². The molecule has 0 saturated heterocycles. The Bertz CT molecular complexity index is 992. The first-order chi connectivity index (χ1) is 13.6. The number of carbonyl (C=O) groups is 1. The Morgan fingerprint density at radius 3 is 2.04 bits per heavy atom. The molecule has 0 spiro atoms. The average molecular weight is 372 g/mol. The predicted octanol–water partition coefficient (Wildman–Crippen LogP) is 4.58. The lowest BCUT2D eigenvalue weighted by Gasteiger charge is -2.31. The molecular formula is C24H24N2O2. The standard InChI is InChI=1S/C24H24N2O2/c1-3-26(4-2)20-15-11-18(12-16-20)24(17-9-13-19(25)14-10-17)22-8-6-5-7-21(22)23(27)28-24/h5-16H,3-4,25H2,1-2H3. The predicted molar refractivity (Wildman–Crippen MR) is 113 cm³/mol. The zero-order valence-electron chi connectivity index (χ0n) is 16.2. The molecule has 0 saturated carbocycles. The van der Waals surface area contributed by atoms with E-state index in [9.17, 15) is 4.79 Å². The minimum atomic E-state index is -0.969. The van der Waals surface area contributed by atoms with Gasteiger partial charge in [0.25, 0.3) is 0 Å². The van der Waals surface area contributed by atoms with Crippen molar-refractivity contribution in [1.29, 1.82) is 0 Å². The average Bonchev–Trinajstić information content (AvgIpc) is 3.04. The number of nitrogens with zero attached hydrogens (tertiary/aromatic N) is 1. The van der Waals surface area contributed by atoms with Crippen LogP contribution in [-0.2, 0) is 10.3 Å². The number of anilines is 2. The maximum absolute atomic E-state index is 12.7. The van der Waals surface area contributed by atoms with Crippen molar-refractivity contribution in [1.82, 2.24) is 0 Å². The third kappa shape index (κ3) is 2.73. The zero-order valence-corrected chi connectivity index (χ0v) is 16.2. The van der Waals surface area contributed by atoms with E-state index >= 15 is 0 Å². The Kier molecular flexibility index (Phi) is 4.55. The highest BCUT2D eigenvalue weighted by Crippen LogP contribution is 2.47. The van der Waals surface area contributed by atoms with Crippen molar-refractivity contribution in [2.24, 2.45) is 0 Å². The number of benzene rings is 3. The van der Waals surface area contributed by atoms with Gasteiger partial charge in [0, 0.05) is 41.2 Å². The van der Waals surface area contributed by atoms with Crippen molar-refractivity contribution < 1.29 is 9.53 Å². The molecule has 1 aliphatic heterocycles. The molecule has 1 atom stereocenters. The van der Waals surface area contributed by atoms with Crippen LogP contribution in [0.5, 0.6) is 0 Å². The SMILES string of the molecule is CCN(CC)c1ccc(C2(c3ccc(N)cc3)OC(=O)c3ccccc32)cc1. The fraction of sp³-hybridized carbons (Fsp3) is 0.208. The number of cyclic esters (lactones) is 1. The van der Waals surface area contributed by atoms with Gasteiger partial charge in [-0.25, -0.2) is 4.79 Å². The normalized spacial score (nSPS) is 17.9. The summed E-state index contributed by atoms with van der Waals surface area (Å²) in [5.41, 5.74) is 10.0. The molecule has 1 heterocycles. The molecule has 1 aliphatic rings. The lowest BCUT2D eigenvalue weighted by Crippen LogP contribution is -2.29. The first-order valence-corrected chi connectivity index (χ1v) is 9.64. The lowest BCUT2D eigenvalue weighted by molar-refractivity contribution is 0.0251. The third-order valence-corrected chi connectivity index (χ3v) is 5.49. The van der Waals surface area contributed by atoms with E-state index in [1.54, 1.807) is 0 Å². The number of hydrogen-bond donors (Lipinski definition) is 1. The largest absolute Gasteiger partial charge is 0.441 e. The van der Waals surface area contributed by atoms with Crippen LogP contribution in [0.1, 0.15) is 40.9 Å². The molecule has 3 aromatic rings. The summed E-state index contributed by atoms with van der Waals surface area (Å²) in [5.74, 6) is -0.305. The van der Waals surface area contributed by atoms with Crippen LogP contribution in [0.2, 0.25) is 0 Å². The lowest BCUT2D eigenvalue weighted by atomic mass is 9.80. The van der Waals surface area contributed by atoms with Gasteiger partial charge in [-0.2, -0.15) is 0 Å². The second-order valence-corrected chi connectivity index (χ2v) is 6.96. The molecule has 142 valence electrons. The zero-order chi connectivity index (χ0) is 19.7. The Labute approximate surface area is 165 Å². The van der Waals surface area contributed by atoms with Gasteiger partial charge in [0.15, 0.2) is 5.60 Å². The van der Waals surface area contributed by atoms with Crippen molar-refractivity contribution in [2.45, 2.75) is 19.4 Å². The molecule has 0 fully saturated rings. The van der Waals surface area contributed by atoms with Crippen molar-refractivity contribution in [3.63, 3.8) is 0 Å². The minimum absolute atomic E-state index is 0.305. The maximum Gasteiger partial charge on any atom is 0.340 e. The van der Waals surface area contributed by atoms with Crippen LogP contribution in [0.15, 0.2) is 72.8 Å². The number of esters is 1. The second kappa shape index (κ2) is 7.04. The minimum Gasteiger partial charge on any atom is -0.441 e. The Morgan fingerprint density at radius 1 is 0.857 bits per heavy atom. The summed E-state index contributed by atoms with van der Waals surface area (Å²) in [6.45, 7) is 6.16. The van der Waals surface area contributed by atoms with Crippen LogP contribution < -0.4 is 10.6 Å². The Hall–Kier alpha value is -3.27. The van der Waals surface area contributed by atoms with Crippen LogP contribution in [-0.4, -0.2) is 19.1 Å². The van der Waals surface area contributed by atoms with Gasteiger partial charge in [-0.1, -0.05) is 42.5 Å². The highest BCUT2D eigenvalue weighted by molar-refractivity contribution is 5.96. The van der Waals surface area contributed by atoms with Gasteiger partial charge in [-0.3, -0.25) is 0 Å². The van der Waals surface area contributed by atoms with Gasteiger partial charge in [0.1, 0.15) is 0 Å². The number of carbonyl (C=O) groups excluding carboxylic acids is 1. The number of nitrogens with two attached hydrogens (primary N) is 1. The number of ether oxygens (including phenoxy) is 1. The molecule has 0 radical (unpaired) electrons. The van der Waals surface area contributed by atoms with Gasteiger partial charge < -0.3 is 15.4 Å². The van der Waals surface area contributed by atoms with Crippen molar-refractivity contribution in [3.8, 4) is 0 Å². The van der Waals surface area contributed by atoms with Gasteiger partial charge in [0.2, 0.25) is 0 Å². The van der Waals surface area contributed by atoms with Gasteiger partial charge in [-0.05, 0) is 44.2 Å². The molecule has 0 bridgehead atoms. The van der Waals surface area contributed by atoms with E-state index in [1.165, 1.54) is 0 Å². The molecule has 0 amide bonds. The van der Waals surface area contributed by atoms with Crippen LogP contribution in [0.4, 0.5) is 11.4 Å². The fourth-order valence-corrected chi connectivity index (χ4v) is 4.03. The first-order valence-electron chi connectivity index (χ1n) is 9.64. The summed E-state index contributed by atoms with van der Waals surface area (Å²) in [6.07, 6.45) is 0. The number of hydrogen-bond acceptors (Lipinski definition) is 4. The van der Waals surface area contributed by atoms with Gasteiger partial charge in [0.05, 0.1) is 5.56 Å². The number of nitrogen functional groups attached to an aromatic ring is 1. The van der Waals surface area contributed by atoms with E-state index in [1.807, 2.05) is 48.5 Å². The van der Waals surface area contributed by atoms with Crippen molar-refractivity contribution in [2.75, 3.05) is 23.7 Å². The molecule has 4 rings (SSSR count). The number of rotatable bonds is 5. The smallest absolute Gasteiger partial charge is 0.340 e. The monoisotopic (exact) mass is 372 g/mol. The maximum atomic E-state index is 12.7. The second-order valence-electron chi connectivity index (χ2n) is 6.96. The quantitative estimate of drug-likeness (QED) is 0.526. The molecule has 0 aromatic heterocycles. The van der Waals surface area contributed by atoms with E-state index in [-0.39, 0.29) is 5.97 Å². The molecule has 4 heteroatoms. The number of fused-ring (bicyclic) bond motifs is 1. The summed E-state index contributed by atoms with van der Waals surface area (Å²) in [5, 5.41) is 0. The summed E-state index contributed by atoms with van der Waals surface area (Å²) in [6, 6.07) is 23.4. The summed E-state index contributed by atoms with van der Waals surface area (Å²) in [7, 11) is 0. The van der Waals surface area contributed by atoms with Gasteiger partial charge >= 0.3 is 5.97 Å². The Balaban J connectivity index is 1.91. The van der Waals surface area contributed by atoms with Crippen molar-refractivity contribution in [3.05, 3.63) is 95.1 Å². The highest BCUT2D eigenvalue weighted by atomic mass is 16.6. The van der Waals surface area contributed by atoms with Crippen LogP contribution in [0.3, 0.4) is 0 Å². The Morgan fingerprint density at radius 2 is 1.43 bits per heavy atom. The summed E-state index contributed by atoms with van der Waals surface area (Å²) < 4.78 is 6.09. The van der Waals surface area contributed by atoms with Crippen LogP contribution >= 0.6 is 0 Å². The molecule has 4 nitrogen and oxygen atoms in total. The fourth-order valence-electron chi connectivity index (χ4n) is 4.03. The summed E-state index contributed by atoms with van der Waals surface area (Å²) in [4.78, 5) is 15.0. The molecule has 28 heavy (non-hydrogen) atoms. The first kappa shape index (κ1) is 18.1. The summed E-state index contributed by atoms with van der Waals surface area (Å²) >= 11 is 0. The molecule has 0 aliphatic carbocycles. The van der Waals surface area contributed by atoms with Crippen molar-refractivity contribution >= 4 is 17.3 Å². The molecule has 1 unspecified atom stereocenters. The van der Waals surface area contributed by atoms with Gasteiger partial charge in [-0.15, -0.1) is 0 Å². The van der Waals surface area contributed by atoms with E-state index in [0.717, 1.165) is 35.5 Å². The van der Waals surface area contributed by atoms with Crippen LogP contribution in [0, 0.1) is 0 Å². The molecule has 2 N–H and O–H groups in total. The molecular weight excluding hydrogens is 348 g/mol. The highest BCUT2D eigenvalue weighted by Gasteiger charge is 2.48.